The number of ether oxygens (including phenoxy) is 1. The third kappa shape index (κ3) is 5.82. The van der Waals surface area contributed by atoms with Crippen molar-refractivity contribution in [3.63, 3.8) is 0 Å². The Balaban J connectivity index is 1.22. The van der Waals surface area contributed by atoms with Gasteiger partial charge in [-0.15, -0.1) is 0 Å². The maximum atomic E-state index is 14.0. The maximum absolute atomic E-state index is 14.0. The first-order valence-electron chi connectivity index (χ1n) is 15.7. The van der Waals surface area contributed by atoms with E-state index in [4.69, 9.17) is 4.74 Å². The highest BCUT2D eigenvalue weighted by atomic mass is 19.1. The number of nitriles is 1. The van der Waals surface area contributed by atoms with E-state index in [-0.39, 0.29) is 41.7 Å². The molecule has 228 valence electrons. The molecule has 3 saturated heterocycles. The number of hydrogen-bond donors (Lipinski definition) is 2. The summed E-state index contributed by atoms with van der Waals surface area (Å²) in [5.41, 5.74) is 2.36. The molecule has 1 aromatic carbocycles. The van der Waals surface area contributed by atoms with Gasteiger partial charge in [-0.05, 0) is 81.3 Å². The average Bonchev–Trinajstić information content (AvgIpc) is 3.40. The molecule has 42 heavy (non-hydrogen) atoms. The summed E-state index contributed by atoms with van der Waals surface area (Å²) in [5, 5.41) is 17.2. The average molecular weight is 580 g/mol. The number of piperazine rings is 1. The summed E-state index contributed by atoms with van der Waals surface area (Å²) in [4.78, 5) is 21.5. The predicted molar refractivity (Wildman–Crippen MR) is 160 cm³/mol. The Kier molecular flexibility index (Phi) is 8.58. The van der Waals surface area contributed by atoms with Crippen molar-refractivity contribution in [1.29, 1.82) is 5.26 Å². The minimum absolute atomic E-state index is 0.0878. The highest BCUT2D eigenvalue weighted by molar-refractivity contribution is 5.87. The van der Waals surface area contributed by atoms with Crippen LogP contribution in [0.2, 0.25) is 0 Å². The lowest BCUT2D eigenvalue weighted by Crippen LogP contribution is -2.73. The van der Waals surface area contributed by atoms with Gasteiger partial charge in [0, 0.05) is 56.9 Å². The van der Waals surface area contributed by atoms with Gasteiger partial charge in [-0.1, -0.05) is 12.6 Å². The highest BCUT2D eigenvalue weighted by Gasteiger charge is 2.50. The smallest absolute Gasteiger partial charge is 0.246 e. The van der Waals surface area contributed by atoms with Crippen LogP contribution in [0.25, 0.3) is 0 Å². The summed E-state index contributed by atoms with van der Waals surface area (Å²) in [6, 6.07) is 8.06. The maximum Gasteiger partial charge on any atom is 0.246 e. The lowest BCUT2D eigenvalue weighted by molar-refractivity contribution is -0.137. The largest absolute Gasteiger partial charge is 0.374 e. The molecule has 4 fully saturated rings. The van der Waals surface area contributed by atoms with Crippen LogP contribution in [-0.2, 0) is 16.0 Å². The van der Waals surface area contributed by atoms with Gasteiger partial charge in [0.25, 0.3) is 0 Å². The molecule has 4 aliphatic heterocycles. The minimum atomic E-state index is -0.273. The van der Waals surface area contributed by atoms with Crippen molar-refractivity contribution < 1.29 is 13.9 Å². The molecule has 4 unspecified atom stereocenters. The normalized spacial score (nSPS) is 35.5. The number of halogens is 1. The zero-order valence-electron chi connectivity index (χ0n) is 25.1. The van der Waals surface area contributed by atoms with Gasteiger partial charge in [0.15, 0.2) is 6.35 Å². The Morgan fingerprint density at radius 1 is 1.24 bits per heavy atom. The van der Waals surface area contributed by atoms with Crippen molar-refractivity contribution in [2.24, 2.45) is 11.3 Å². The molecule has 1 amide bonds. The second-order valence-corrected chi connectivity index (χ2v) is 13.3. The van der Waals surface area contributed by atoms with E-state index >= 15 is 0 Å². The summed E-state index contributed by atoms with van der Waals surface area (Å²) in [6.45, 7) is 8.36. The molecule has 5 aliphatic rings. The predicted octanol–water partition coefficient (Wildman–Crippen LogP) is 2.50. The third-order valence-corrected chi connectivity index (χ3v) is 10.7. The second-order valence-electron chi connectivity index (χ2n) is 13.3. The van der Waals surface area contributed by atoms with Crippen LogP contribution in [0.15, 0.2) is 30.9 Å². The minimum Gasteiger partial charge on any atom is -0.374 e. The number of amides is 1. The number of nitrogens with one attached hydrogen (secondary N) is 2. The van der Waals surface area contributed by atoms with Gasteiger partial charge >= 0.3 is 0 Å². The molecule has 1 aliphatic carbocycles. The monoisotopic (exact) mass is 579 g/mol. The zero-order valence-corrected chi connectivity index (χ0v) is 25.1. The van der Waals surface area contributed by atoms with Crippen LogP contribution < -0.4 is 15.5 Å². The molecular weight excluding hydrogens is 533 g/mol. The molecule has 0 radical (unpaired) electrons. The number of hydrogen-bond acceptors (Lipinski definition) is 8. The first-order chi connectivity index (χ1) is 20.3. The molecule has 1 aromatic rings. The van der Waals surface area contributed by atoms with Crippen LogP contribution in [0.4, 0.5) is 10.1 Å². The second kappa shape index (κ2) is 12.2. The fourth-order valence-corrected chi connectivity index (χ4v) is 8.56. The fraction of sp³-hybridized carbons (Fsp3) is 0.688. The number of likely N-dealkylation sites (tertiary alicyclic amines) is 1. The summed E-state index contributed by atoms with van der Waals surface area (Å²) < 4.78 is 20.6. The Morgan fingerprint density at radius 3 is 2.86 bits per heavy atom. The number of benzene rings is 1. The van der Waals surface area contributed by atoms with E-state index in [2.05, 4.69) is 52.1 Å². The van der Waals surface area contributed by atoms with Crippen molar-refractivity contribution in [1.82, 2.24) is 25.3 Å². The molecule has 0 bridgehead atoms. The van der Waals surface area contributed by atoms with E-state index in [1.54, 1.807) is 12.1 Å². The molecule has 4 heterocycles. The molecular formula is C32H46FN7O2. The fourth-order valence-electron chi connectivity index (χ4n) is 8.56. The van der Waals surface area contributed by atoms with Crippen LogP contribution in [0, 0.1) is 28.5 Å². The van der Waals surface area contributed by atoms with E-state index in [1.807, 2.05) is 11.0 Å². The van der Waals surface area contributed by atoms with Crippen molar-refractivity contribution in [2.75, 3.05) is 58.3 Å². The van der Waals surface area contributed by atoms with Gasteiger partial charge in [-0.25, -0.2) is 4.39 Å². The molecule has 1 saturated carbocycles. The number of nitrogens with zero attached hydrogens (tertiary/aromatic N) is 5. The molecule has 1 spiro atoms. The Hall–Kier alpha value is -2.55. The summed E-state index contributed by atoms with van der Waals surface area (Å²) in [7, 11) is 4.27. The number of anilines is 1. The number of rotatable bonds is 6. The molecule has 10 heteroatoms. The van der Waals surface area contributed by atoms with Crippen LogP contribution in [0.1, 0.15) is 44.1 Å². The lowest BCUT2D eigenvalue weighted by atomic mass is 9.62. The summed E-state index contributed by atoms with van der Waals surface area (Å²) in [5.74, 6) is 0.0867. The summed E-state index contributed by atoms with van der Waals surface area (Å²) in [6.07, 6.45) is 7.99. The third-order valence-electron chi connectivity index (χ3n) is 10.7. The van der Waals surface area contributed by atoms with Gasteiger partial charge < -0.3 is 19.4 Å². The molecule has 6 rings (SSSR count). The van der Waals surface area contributed by atoms with Gasteiger partial charge in [0.1, 0.15) is 5.82 Å². The number of carbonyl (C=O) groups is 1. The molecule has 9 nitrogen and oxygen atoms in total. The van der Waals surface area contributed by atoms with Crippen LogP contribution >= 0.6 is 0 Å². The first-order valence-corrected chi connectivity index (χ1v) is 15.7. The van der Waals surface area contributed by atoms with Gasteiger partial charge in [0.05, 0.1) is 31.3 Å². The van der Waals surface area contributed by atoms with Crippen molar-refractivity contribution in [3.05, 3.63) is 42.2 Å². The van der Waals surface area contributed by atoms with E-state index in [0.717, 1.165) is 57.4 Å². The zero-order chi connectivity index (χ0) is 29.4. The molecule has 0 aromatic heterocycles. The van der Waals surface area contributed by atoms with Crippen LogP contribution in [0.3, 0.4) is 0 Å². The molecule has 2 N–H and O–H groups in total. The van der Waals surface area contributed by atoms with E-state index in [1.165, 1.54) is 18.1 Å². The Bertz CT molecular complexity index is 1210. The number of carbonyl (C=O) groups excluding carboxylic acids is 1. The Morgan fingerprint density at radius 2 is 2.10 bits per heavy atom. The highest BCUT2D eigenvalue weighted by Crippen LogP contribution is 2.48. The van der Waals surface area contributed by atoms with Crippen LogP contribution in [0.5, 0.6) is 0 Å². The number of likely N-dealkylation sites (N-methyl/N-ethyl adjacent to an activating group) is 1. The van der Waals surface area contributed by atoms with E-state index in [0.29, 0.717) is 38.1 Å². The van der Waals surface area contributed by atoms with Crippen molar-refractivity contribution in [2.45, 2.75) is 75.6 Å². The van der Waals surface area contributed by atoms with E-state index in [9.17, 15) is 14.4 Å². The first kappa shape index (κ1) is 29.5. The lowest BCUT2D eigenvalue weighted by Gasteiger charge is -2.57. The summed E-state index contributed by atoms with van der Waals surface area (Å²) >= 11 is 0. The van der Waals surface area contributed by atoms with Gasteiger partial charge in [-0.3, -0.25) is 20.3 Å². The standard InChI is InChI=1S/C32H46FN7O2/c1-4-29(41)40-15-14-39(19-24(40)10-12-34)30-26-9-11-32(17-22-7-8-23(33)16-28(22)38(3)21-32)18-27(26)35-31(36-30)42-20-25-6-5-13-37(25)2/h4,7-8,16,24-27,30-31,35-36H,1,5-6,9-11,13-15,17-21H2,2-3H3/t24-,25-,26?,27?,30?,31?,32+/m1/s1. The van der Waals surface area contributed by atoms with Gasteiger partial charge in [-0.2, -0.15) is 5.26 Å². The topological polar surface area (TPSA) is 87.1 Å². The SMILES string of the molecule is C=CC(=O)N1CCN(C2NC(OC[C@H]3CCCN3C)NC3C[C@]4(CCC32)Cc2ccc(F)cc2N(C)C4)C[C@H]1CC#N. The molecule has 7 atom stereocenters. The Labute approximate surface area is 249 Å². The quantitative estimate of drug-likeness (QED) is 0.498. The van der Waals surface area contributed by atoms with Crippen molar-refractivity contribution >= 4 is 11.6 Å². The van der Waals surface area contributed by atoms with E-state index < -0.39 is 0 Å². The number of fused-ring (bicyclic) bond motifs is 2. The van der Waals surface area contributed by atoms with Crippen molar-refractivity contribution in [3.8, 4) is 6.07 Å². The van der Waals surface area contributed by atoms with Gasteiger partial charge in [0.2, 0.25) is 5.91 Å². The van der Waals surface area contributed by atoms with Crippen LogP contribution in [-0.4, -0.2) is 105 Å².